The summed E-state index contributed by atoms with van der Waals surface area (Å²) in [6.07, 6.45) is 9.35. The predicted molar refractivity (Wildman–Crippen MR) is 126 cm³/mol. The summed E-state index contributed by atoms with van der Waals surface area (Å²) in [6, 6.07) is 8.43. The van der Waals surface area contributed by atoms with E-state index in [0.29, 0.717) is 35.4 Å². The number of benzene rings is 1. The quantitative estimate of drug-likeness (QED) is 0.449. The minimum atomic E-state index is 0.319. The number of nitrogens with one attached hydrogen (secondary N) is 1. The average Bonchev–Trinajstić information content (AvgIpc) is 3.37. The van der Waals surface area contributed by atoms with E-state index in [1.807, 2.05) is 16.8 Å². The van der Waals surface area contributed by atoms with Gasteiger partial charge in [-0.25, -0.2) is 15.0 Å². The third kappa shape index (κ3) is 3.94. The molecule has 0 spiro atoms. The van der Waals surface area contributed by atoms with E-state index in [4.69, 9.17) is 15.5 Å². The molecule has 1 aromatic carbocycles. The molecule has 4 aromatic rings. The smallest absolute Gasteiger partial charge is 0.180 e. The van der Waals surface area contributed by atoms with E-state index >= 15 is 0 Å². The van der Waals surface area contributed by atoms with Crippen molar-refractivity contribution in [3.63, 3.8) is 0 Å². The van der Waals surface area contributed by atoms with Crippen molar-refractivity contribution >= 4 is 28.7 Å². The normalized spacial score (nSPS) is 20.8. The second-order valence-corrected chi connectivity index (χ2v) is 8.39. The fraction of sp³-hybridized carbons (Fsp3) is 0.304. The number of hydrogen-bond donors (Lipinski definition) is 2. The first-order chi connectivity index (χ1) is 16.1. The number of aromatic nitrogens is 5. The summed E-state index contributed by atoms with van der Waals surface area (Å²) in [5.74, 6) is 0.992. The van der Waals surface area contributed by atoms with Crippen LogP contribution in [0.25, 0.3) is 17.0 Å². The maximum Gasteiger partial charge on any atom is 0.180 e. The van der Waals surface area contributed by atoms with Gasteiger partial charge >= 0.3 is 0 Å². The van der Waals surface area contributed by atoms with Crippen LogP contribution in [0.4, 0.5) is 23.0 Å². The van der Waals surface area contributed by atoms with Gasteiger partial charge in [0.2, 0.25) is 0 Å². The van der Waals surface area contributed by atoms with E-state index in [2.05, 4.69) is 61.3 Å². The summed E-state index contributed by atoms with van der Waals surface area (Å²) in [5, 5.41) is 3.41. The number of nitrogens with two attached hydrogens (primary N) is 1. The number of piperazine rings is 1. The zero-order valence-electron chi connectivity index (χ0n) is 18.3. The number of epoxide rings is 1. The number of imidazole rings is 1. The van der Waals surface area contributed by atoms with Gasteiger partial charge in [-0.1, -0.05) is 0 Å². The standard InChI is InChI=1S/C23H25N9O/c1-15-23(33-15)31-10-8-30(9-11-31)17-4-2-16(3-5-17)27-21-22-26-6-7-32(22)14-19(29-21)18-12-25-13-20(24)28-18/h2-7,12-15,23H,8-11H2,1H3,(H2,24,28)(H,27,29). The molecular weight excluding hydrogens is 418 g/mol. The Balaban J connectivity index is 1.20. The van der Waals surface area contributed by atoms with Crippen LogP contribution in [-0.2, 0) is 4.74 Å². The molecule has 0 amide bonds. The molecule has 168 valence electrons. The van der Waals surface area contributed by atoms with Crippen LogP contribution in [0.2, 0.25) is 0 Å². The maximum atomic E-state index is 5.81. The van der Waals surface area contributed by atoms with Crippen LogP contribution in [-0.4, -0.2) is 67.7 Å². The fourth-order valence-electron chi connectivity index (χ4n) is 4.33. The number of anilines is 4. The highest BCUT2D eigenvalue weighted by Gasteiger charge is 2.40. The van der Waals surface area contributed by atoms with Gasteiger partial charge in [0.25, 0.3) is 0 Å². The summed E-state index contributed by atoms with van der Waals surface area (Å²) in [4.78, 5) is 22.5. The summed E-state index contributed by atoms with van der Waals surface area (Å²) < 4.78 is 7.52. The maximum absolute atomic E-state index is 5.81. The van der Waals surface area contributed by atoms with E-state index in [1.54, 1.807) is 12.4 Å². The lowest BCUT2D eigenvalue weighted by molar-refractivity contribution is 0.166. The first kappa shape index (κ1) is 19.9. The Morgan fingerprint density at radius 3 is 2.55 bits per heavy atom. The summed E-state index contributed by atoms with van der Waals surface area (Å²) in [6.45, 7) is 6.18. The number of fused-ring (bicyclic) bond motifs is 1. The Kier molecular flexibility index (Phi) is 4.81. The van der Waals surface area contributed by atoms with Crippen LogP contribution in [0.1, 0.15) is 6.92 Å². The molecule has 10 heteroatoms. The molecule has 2 saturated heterocycles. The number of hydrogen-bond acceptors (Lipinski definition) is 9. The molecule has 6 rings (SSSR count). The van der Waals surface area contributed by atoms with E-state index in [9.17, 15) is 0 Å². The Bertz CT molecular complexity index is 1280. The molecule has 33 heavy (non-hydrogen) atoms. The molecule has 10 nitrogen and oxygen atoms in total. The van der Waals surface area contributed by atoms with Crippen molar-refractivity contribution in [2.24, 2.45) is 0 Å². The SMILES string of the molecule is CC1OC1N1CCN(c2ccc(Nc3nc(-c4cncc(N)n4)cn4ccnc34)cc2)CC1. The van der Waals surface area contributed by atoms with Crippen molar-refractivity contribution in [3.8, 4) is 11.4 Å². The van der Waals surface area contributed by atoms with Crippen LogP contribution in [0, 0.1) is 0 Å². The minimum Gasteiger partial charge on any atom is -0.382 e. The molecule has 2 unspecified atom stereocenters. The van der Waals surface area contributed by atoms with E-state index < -0.39 is 0 Å². The van der Waals surface area contributed by atoms with Gasteiger partial charge in [0, 0.05) is 56.1 Å². The molecule has 2 fully saturated rings. The molecule has 5 heterocycles. The molecule has 2 aliphatic rings. The highest BCUT2D eigenvalue weighted by Crippen LogP contribution is 2.29. The third-order valence-electron chi connectivity index (χ3n) is 6.14. The molecule has 0 bridgehead atoms. The second kappa shape index (κ2) is 7.98. The van der Waals surface area contributed by atoms with Gasteiger partial charge in [-0.15, -0.1) is 0 Å². The molecule has 2 aliphatic heterocycles. The van der Waals surface area contributed by atoms with Crippen molar-refractivity contribution in [1.29, 1.82) is 0 Å². The van der Waals surface area contributed by atoms with Gasteiger partial charge in [-0.05, 0) is 31.2 Å². The van der Waals surface area contributed by atoms with Gasteiger partial charge in [0.1, 0.15) is 23.4 Å². The lowest BCUT2D eigenvalue weighted by Crippen LogP contribution is -2.47. The summed E-state index contributed by atoms with van der Waals surface area (Å²) in [7, 11) is 0. The topological polar surface area (TPSA) is 113 Å². The Hall–Kier alpha value is -3.76. The van der Waals surface area contributed by atoms with Gasteiger partial charge in [0.05, 0.1) is 18.5 Å². The van der Waals surface area contributed by atoms with Gasteiger partial charge in [-0.2, -0.15) is 0 Å². The first-order valence-electron chi connectivity index (χ1n) is 11.1. The van der Waals surface area contributed by atoms with Crippen LogP contribution in [0.15, 0.2) is 55.2 Å². The fourth-order valence-corrected chi connectivity index (χ4v) is 4.33. The third-order valence-corrected chi connectivity index (χ3v) is 6.14. The van der Waals surface area contributed by atoms with Gasteiger partial charge < -0.3 is 25.1 Å². The van der Waals surface area contributed by atoms with E-state index in [0.717, 1.165) is 37.5 Å². The average molecular weight is 444 g/mol. The lowest BCUT2D eigenvalue weighted by Gasteiger charge is -2.35. The van der Waals surface area contributed by atoms with E-state index in [-0.39, 0.29) is 0 Å². The van der Waals surface area contributed by atoms with Crippen LogP contribution < -0.4 is 16.0 Å². The zero-order valence-corrected chi connectivity index (χ0v) is 18.3. The summed E-state index contributed by atoms with van der Waals surface area (Å²) in [5.41, 5.74) is 9.95. The number of nitrogen functional groups attached to an aromatic ring is 1. The van der Waals surface area contributed by atoms with Crippen molar-refractivity contribution in [2.45, 2.75) is 19.3 Å². The Labute approximate surface area is 191 Å². The van der Waals surface area contributed by atoms with Gasteiger partial charge in [-0.3, -0.25) is 9.88 Å². The highest BCUT2D eigenvalue weighted by atomic mass is 16.6. The predicted octanol–water partition coefficient (Wildman–Crippen LogP) is 2.38. The molecule has 0 aliphatic carbocycles. The largest absolute Gasteiger partial charge is 0.382 e. The molecule has 0 saturated carbocycles. The van der Waals surface area contributed by atoms with Crippen molar-refractivity contribution in [2.75, 3.05) is 42.1 Å². The molecular formula is C23H25N9O. The lowest BCUT2D eigenvalue weighted by atomic mass is 10.2. The van der Waals surface area contributed by atoms with Crippen molar-refractivity contribution in [3.05, 3.63) is 55.2 Å². The number of ether oxygens (including phenoxy) is 1. The number of nitrogens with zero attached hydrogens (tertiary/aromatic N) is 7. The second-order valence-electron chi connectivity index (χ2n) is 8.39. The molecule has 3 N–H and O–H groups in total. The van der Waals surface area contributed by atoms with Gasteiger partial charge in [0.15, 0.2) is 11.5 Å². The van der Waals surface area contributed by atoms with Crippen LogP contribution in [0.3, 0.4) is 0 Å². The first-order valence-corrected chi connectivity index (χ1v) is 11.1. The van der Waals surface area contributed by atoms with E-state index in [1.165, 1.54) is 11.9 Å². The van der Waals surface area contributed by atoms with Crippen LogP contribution in [0.5, 0.6) is 0 Å². The monoisotopic (exact) mass is 443 g/mol. The molecule has 0 radical (unpaired) electrons. The summed E-state index contributed by atoms with van der Waals surface area (Å²) >= 11 is 0. The molecule has 2 atom stereocenters. The highest BCUT2D eigenvalue weighted by molar-refractivity contribution is 5.73. The van der Waals surface area contributed by atoms with Crippen LogP contribution >= 0.6 is 0 Å². The van der Waals surface area contributed by atoms with Crippen molar-refractivity contribution in [1.82, 2.24) is 29.2 Å². The Morgan fingerprint density at radius 2 is 1.82 bits per heavy atom. The zero-order chi connectivity index (χ0) is 22.4. The number of rotatable bonds is 5. The minimum absolute atomic E-state index is 0.319. The Morgan fingerprint density at radius 1 is 1.03 bits per heavy atom. The van der Waals surface area contributed by atoms with Crippen molar-refractivity contribution < 1.29 is 4.74 Å². The molecule has 3 aromatic heterocycles.